The van der Waals surface area contributed by atoms with Crippen LogP contribution in [0.15, 0.2) is 146 Å². The van der Waals surface area contributed by atoms with Crippen LogP contribution in [0.2, 0.25) is 48.4 Å². The van der Waals surface area contributed by atoms with E-state index in [1.54, 1.807) is 15.6 Å². The van der Waals surface area contributed by atoms with Crippen LogP contribution in [0.3, 0.4) is 0 Å². The molecule has 0 radical (unpaired) electrons. The summed E-state index contributed by atoms with van der Waals surface area (Å²) in [5.74, 6) is 0. The Bertz CT molecular complexity index is 2210. The molecule has 0 heterocycles. The third-order valence-electron chi connectivity index (χ3n) is 14.4. The van der Waals surface area contributed by atoms with Crippen molar-refractivity contribution >= 4 is 94.0 Å². The zero-order valence-corrected chi connectivity index (χ0v) is 42.2. The van der Waals surface area contributed by atoms with Crippen molar-refractivity contribution in [3.63, 3.8) is 0 Å². The Hall–Kier alpha value is -5.01. The summed E-state index contributed by atoms with van der Waals surface area (Å²) >= 11 is 0. The van der Waals surface area contributed by atoms with Gasteiger partial charge in [0.1, 0.15) is 0 Å². The lowest BCUT2D eigenvalue weighted by atomic mass is 10.1. The SMILES string of the molecule is CC[SiH](CC)c1ccc(/C=C/c2ccc(N(c3ccc(/C=C/c4ccc([Si](CC)(CC)CC)cc4)cc3)c3ccc(/C=C/c4ccc([Si](CC)(CC)CC)cc4)cc3)cc2)cc1. The van der Waals surface area contributed by atoms with Crippen LogP contribution in [0.5, 0.6) is 0 Å². The molecule has 0 fully saturated rings. The molecule has 0 atom stereocenters. The maximum absolute atomic E-state index is 2.40. The fourth-order valence-electron chi connectivity index (χ4n) is 9.49. The van der Waals surface area contributed by atoms with Gasteiger partial charge in [0.05, 0.1) is 24.9 Å². The molecule has 4 heteroatoms. The van der Waals surface area contributed by atoms with Gasteiger partial charge in [0.2, 0.25) is 0 Å². The molecule has 0 spiro atoms. The first-order chi connectivity index (χ1) is 30.3. The molecule has 6 rings (SSSR count). The second-order valence-corrected chi connectivity index (χ2v) is 31.4. The van der Waals surface area contributed by atoms with Crippen molar-refractivity contribution in [2.24, 2.45) is 0 Å². The van der Waals surface area contributed by atoms with E-state index in [-0.39, 0.29) is 0 Å². The van der Waals surface area contributed by atoms with Crippen molar-refractivity contribution in [3.8, 4) is 0 Å². The van der Waals surface area contributed by atoms with E-state index in [1.165, 1.54) is 81.7 Å². The Balaban J connectivity index is 1.23. The molecular weight excluding hydrogens is 795 g/mol. The molecule has 6 aromatic rings. The van der Waals surface area contributed by atoms with Crippen LogP contribution in [0, 0.1) is 0 Å². The molecule has 0 bridgehead atoms. The Morgan fingerprint density at radius 2 is 0.548 bits per heavy atom. The number of anilines is 3. The maximum atomic E-state index is 2.40. The van der Waals surface area contributed by atoms with Gasteiger partial charge < -0.3 is 4.90 Å². The number of rotatable bonds is 20. The highest BCUT2D eigenvalue weighted by Gasteiger charge is 2.29. The Labute approximate surface area is 379 Å². The molecule has 0 N–H and O–H groups in total. The van der Waals surface area contributed by atoms with Crippen molar-refractivity contribution in [3.05, 3.63) is 179 Å². The molecule has 320 valence electrons. The van der Waals surface area contributed by atoms with Crippen molar-refractivity contribution in [1.29, 1.82) is 0 Å². The predicted octanol–water partition coefficient (Wildman–Crippen LogP) is 15.6. The third kappa shape index (κ3) is 11.1. The monoisotopic (exact) mass is 865 g/mol. The number of hydrogen-bond acceptors (Lipinski definition) is 1. The highest BCUT2D eigenvalue weighted by molar-refractivity contribution is 6.92. The van der Waals surface area contributed by atoms with Gasteiger partial charge in [-0.25, -0.2) is 0 Å². The van der Waals surface area contributed by atoms with Gasteiger partial charge in [0.25, 0.3) is 0 Å². The van der Waals surface area contributed by atoms with E-state index in [2.05, 4.69) is 242 Å². The first-order valence-electron chi connectivity index (χ1n) is 23.7. The summed E-state index contributed by atoms with van der Waals surface area (Å²) in [6.45, 7) is 19.0. The van der Waals surface area contributed by atoms with Crippen molar-refractivity contribution < 1.29 is 0 Å². The lowest BCUT2D eigenvalue weighted by Gasteiger charge is -2.28. The van der Waals surface area contributed by atoms with E-state index in [9.17, 15) is 0 Å². The van der Waals surface area contributed by atoms with Crippen molar-refractivity contribution in [2.45, 2.75) is 104 Å². The Morgan fingerprint density at radius 1 is 0.323 bits per heavy atom. The Kier molecular flexibility index (Phi) is 16.8. The normalized spacial score (nSPS) is 12.3. The summed E-state index contributed by atoms with van der Waals surface area (Å²) in [5, 5.41) is 4.76. The predicted molar refractivity (Wildman–Crippen MR) is 289 cm³/mol. The van der Waals surface area contributed by atoms with Crippen LogP contribution in [0.1, 0.15) is 88.8 Å². The summed E-state index contributed by atoms with van der Waals surface area (Å²) in [5.41, 5.74) is 10.7. The molecule has 0 unspecified atom stereocenters. The van der Waals surface area contributed by atoms with E-state index < -0.39 is 24.9 Å². The summed E-state index contributed by atoms with van der Waals surface area (Å²) < 4.78 is 0. The van der Waals surface area contributed by atoms with Gasteiger partial charge in [0.15, 0.2) is 0 Å². The first kappa shape index (κ1) is 46.5. The van der Waals surface area contributed by atoms with Crippen LogP contribution < -0.4 is 20.5 Å². The molecule has 1 nitrogen and oxygen atoms in total. The molecule has 0 aromatic heterocycles. The average molecular weight is 866 g/mol. The third-order valence-corrected chi connectivity index (χ3v) is 28.9. The van der Waals surface area contributed by atoms with E-state index >= 15 is 0 Å². The van der Waals surface area contributed by atoms with Gasteiger partial charge in [-0.1, -0.05) is 265 Å². The fourth-order valence-corrected chi connectivity index (χ4v) is 18.9. The van der Waals surface area contributed by atoms with Gasteiger partial charge >= 0.3 is 0 Å². The first-order valence-corrected chi connectivity index (χ1v) is 31.2. The second-order valence-electron chi connectivity index (χ2n) is 17.2. The minimum Gasteiger partial charge on any atom is -0.311 e. The van der Waals surface area contributed by atoms with E-state index in [4.69, 9.17) is 0 Å². The zero-order chi connectivity index (χ0) is 44.0. The molecule has 6 aromatic carbocycles. The van der Waals surface area contributed by atoms with Gasteiger partial charge in [-0.2, -0.15) is 0 Å². The summed E-state index contributed by atoms with van der Waals surface area (Å²) in [6.07, 6.45) is 13.4. The standard InChI is InChI=1S/C58H71NSi3/c1-9-60(10-2)56-41-29-50(30-42-56)20-17-47-23-35-53(36-24-47)59(54-37-25-48(26-38-54)18-21-51-31-43-57(44-32-51)61(11-3,12-4)13-5)55-39-27-49(28-40-55)19-22-52-33-45-58(46-34-52)62(14-6,15-7)16-8/h17-46,60H,9-16H2,1-8H3/b20-17+,21-18+,22-19+. The molecule has 0 aliphatic rings. The van der Waals surface area contributed by atoms with Gasteiger partial charge in [-0.05, 0) is 69.8 Å². The molecule has 0 aliphatic carbocycles. The minimum atomic E-state index is -1.37. The van der Waals surface area contributed by atoms with Crippen molar-refractivity contribution in [2.75, 3.05) is 4.90 Å². The summed E-state index contributed by atoms with van der Waals surface area (Å²) in [7, 11) is -3.55. The highest BCUT2D eigenvalue weighted by Crippen LogP contribution is 2.35. The number of nitrogens with zero attached hydrogens (tertiary/aromatic N) is 1. The molecule has 0 saturated heterocycles. The second kappa shape index (κ2) is 22.4. The van der Waals surface area contributed by atoms with Crippen LogP contribution in [0.25, 0.3) is 36.5 Å². The zero-order valence-electron chi connectivity index (χ0n) is 39.0. The minimum absolute atomic E-state index is 0.811. The largest absolute Gasteiger partial charge is 0.311 e. The lowest BCUT2D eigenvalue weighted by Crippen LogP contribution is -2.45. The molecule has 62 heavy (non-hydrogen) atoms. The van der Waals surface area contributed by atoms with E-state index in [0.29, 0.717) is 0 Å². The topological polar surface area (TPSA) is 3.24 Å². The Morgan fingerprint density at radius 3 is 0.774 bits per heavy atom. The van der Waals surface area contributed by atoms with E-state index in [0.717, 1.165) is 17.1 Å². The fraction of sp³-hybridized carbons (Fsp3) is 0.276. The van der Waals surface area contributed by atoms with E-state index in [1.807, 2.05) is 0 Å². The number of hydrogen-bond donors (Lipinski definition) is 0. The molecule has 0 saturated carbocycles. The van der Waals surface area contributed by atoms with Crippen molar-refractivity contribution in [1.82, 2.24) is 0 Å². The molecular formula is C58H71NSi3. The maximum Gasteiger partial charge on any atom is 0.0859 e. The van der Waals surface area contributed by atoms with Gasteiger partial charge in [0, 0.05) is 17.1 Å². The quantitative estimate of drug-likeness (QED) is 0.0546. The average Bonchev–Trinajstić information content (AvgIpc) is 3.34. The van der Waals surface area contributed by atoms with Crippen LogP contribution in [-0.4, -0.2) is 24.9 Å². The molecule has 0 aliphatic heterocycles. The molecule has 0 amide bonds. The van der Waals surface area contributed by atoms with Gasteiger partial charge in [-0.3, -0.25) is 0 Å². The van der Waals surface area contributed by atoms with Crippen LogP contribution >= 0.6 is 0 Å². The smallest absolute Gasteiger partial charge is 0.0859 e. The summed E-state index contributed by atoms with van der Waals surface area (Å²) in [4.78, 5) is 2.36. The number of benzene rings is 6. The van der Waals surface area contributed by atoms with Gasteiger partial charge in [-0.15, -0.1) is 0 Å². The van der Waals surface area contributed by atoms with Crippen LogP contribution in [0.4, 0.5) is 17.1 Å². The highest BCUT2D eigenvalue weighted by atomic mass is 28.3. The van der Waals surface area contributed by atoms with Crippen LogP contribution in [-0.2, 0) is 0 Å². The summed E-state index contributed by atoms with van der Waals surface area (Å²) in [6, 6.07) is 65.5. The lowest BCUT2D eigenvalue weighted by molar-refractivity contribution is 1.19.